The van der Waals surface area contributed by atoms with E-state index in [4.69, 9.17) is 14.2 Å². The van der Waals surface area contributed by atoms with E-state index < -0.39 is 0 Å². The lowest BCUT2D eigenvalue weighted by atomic mass is 10.2. The van der Waals surface area contributed by atoms with Gasteiger partial charge >= 0.3 is 0 Å². The molecule has 1 unspecified atom stereocenters. The lowest BCUT2D eigenvalue weighted by Crippen LogP contribution is -2.23. The Bertz CT molecular complexity index is 531. The first-order valence-electron chi connectivity index (χ1n) is 7.35. The standard InChI is InChI=1S/C16H21NO3/c1-2-10-19-16(7-1)20-12-4-11-18-15-6-3-5-14-13(15)8-9-17-14/h3,5-6,8-9,16-17H,1-2,4,7,10-12H2. The Kier molecular flexibility index (Phi) is 4.56. The molecule has 1 aliphatic heterocycles. The first kappa shape index (κ1) is 13.5. The Morgan fingerprint density at radius 2 is 2.20 bits per heavy atom. The predicted molar refractivity (Wildman–Crippen MR) is 78.0 cm³/mol. The highest BCUT2D eigenvalue weighted by molar-refractivity contribution is 5.85. The van der Waals surface area contributed by atoms with Crippen LogP contribution in [0.2, 0.25) is 0 Å². The van der Waals surface area contributed by atoms with Gasteiger partial charge in [-0.1, -0.05) is 6.07 Å². The lowest BCUT2D eigenvalue weighted by molar-refractivity contribution is -0.163. The van der Waals surface area contributed by atoms with Gasteiger partial charge in [-0.25, -0.2) is 0 Å². The van der Waals surface area contributed by atoms with Crippen molar-refractivity contribution in [2.45, 2.75) is 32.0 Å². The monoisotopic (exact) mass is 275 g/mol. The Balaban J connectivity index is 1.40. The average molecular weight is 275 g/mol. The van der Waals surface area contributed by atoms with Crippen LogP contribution in [0.1, 0.15) is 25.7 Å². The Morgan fingerprint density at radius 1 is 1.20 bits per heavy atom. The van der Waals surface area contributed by atoms with Crippen LogP contribution in [0.25, 0.3) is 10.9 Å². The molecule has 2 heterocycles. The number of hydrogen-bond donors (Lipinski definition) is 1. The zero-order valence-electron chi connectivity index (χ0n) is 11.6. The first-order chi connectivity index (χ1) is 9.93. The molecule has 4 nitrogen and oxygen atoms in total. The maximum absolute atomic E-state index is 5.83. The molecule has 20 heavy (non-hydrogen) atoms. The highest BCUT2D eigenvalue weighted by Crippen LogP contribution is 2.24. The van der Waals surface area contributed by atoms with Gasteiger partial charge in [0.2, 0.25) is 0 Å². The van der Waals surface area contributed by atoms with Crippen molar-refractivity contribution >= 4 is 10.9 Å². The molecule has 108 valence electrons. The molecule has 2 aromatic rings. The zero-order valence-corrected chi connectivity index (χ0v) is 11.6. The topological polar surface area (TPSA) is 43.5 Å². The maximum Gasteiger partial charge on any atom is 0.157 e. The minimum Gasteiger partial charge on any atom is -0.493 e. The van der Waals surface area contributed by atoms with E-state index in [1.54, 1.807) is 0 Å². The number of aromatic amines is 1. The molecule has 0 spiro atoms. The second-order valence-corrected chi connectivity index (χ2v) is 5.06. The van der Waals surface area contributed by atoms with Crippen molar-refractivity contribution in [3.63, 3.8) is 0 Å². The second kappa shape index (κ2) is 6.77. The summed E-state index contributed by atoms with van der Waals surface area (Å²) in [6.07, 6.45) is 6.18. The Hall–Kier alpha value is -1.52. The van der Waals surface area contributed by atoms with Crippen LogP contribution in [0.5, 0.6) is 5.75 Å². The van der Waals surface area contributed by atoms with Crippen LogP contribution < -0.4 is 4.74 Å². The molecule has 1 aromatic carbocycles. The van der Waals surface area contributed by atoms with Crippen LogP contribution in [0.4, 0.5) is 0 Å². The molecule has 1 saturated heterocycles. The highest BCUT2D eigenvalue weighted by Gasteiger charge is 2.13. The third kappa shape index (κ3) is 3.32. The van der Waals surface area contributed by atoms with Crippen molar-refractivity contribution in [1.29, 1.82) is 0 Å². The van der Waals surface area contributed by atoms with Crippen molar-refractivity contribution in [3.05, 3.63) is 30.5 Å². The summed E-state index contributed by atoms with van der Waals surface area (Å²) in [4.78, 5) is 3.18. The van der Waals surface area contributed by atoms with Crippen molar-refractivity contribution < 1.29 is 14.2 Å². The van der Waals surface area contributed by atoms with E-state index in [1.165, 1.54) is 6.42 Å². The number of H-pyrrole nitrogens is 1. The van der Waals surface area contributed by atoms with Gasteiger partial charge in [0.15, 0.2) is 6.29 Å². The van der Waals surface area contributed by atoms with Crippen molar-refractivity contribution in [3.8, 4) is 5.75 Å². The van der Waals surface area contributed by atoms with Gasteiger partial charge in [0, 0.05) is 30.1 Å². The Labute approximate surface area is 119 Å². The van der Waals surface area contributed by atoms with Crippen LogP contribution in [-0.2, 0) is 9.47 Å². The van der Waals surface area contributed by atoms with Gasteiger partial charge in [-0.2, -0.15) is 0 Å². The van der Waals surface area contributed by atoms with Gasteiger partial charge in [-0.15, -0.1) is 0 Å². The smallest absolute Gasteiger partial charge is 0.157 e. The van der Waals surface area contributed by atoms with E-state index in [0.717, 1.165) is 42.5 Å². The van der Waals surface area contributed by atoms with Crippen LogP contribution in [0.15, 0.2) is 30.5 Å². The average Bonchev–Trinajstić information content (AvgIpc) is 2.97. The van der Waals surface area contributed by atoms with Crippen LogP contribution in [0.3, 0.4) is 0 Å². The van der Waals surface area contributed by atoms with Gasteiger partial charge in [-0.3, -0.25) is 0 Å². The molecule has 4 heteroatoms. The van der Waals surface area contributed by atoms with Crippen LogP contribution in [0, 0.1) is 0 Å². The zero-order chi connectivity index (χ0) is 13.6. The summed E-state index contributed by atoms with van der Waals surface area (Å²) >= 11 is 0. The second-order valence-electron chi connectivity index (χ2n) is 5.06. The number of nitrogens with one attached hydrogen (secondary N) is 1. The fourth-order valence-corrected chi connectivity index (χ4v) is 2.48. The largest absolute Gasteiger partial charge is 0.493 e. The minimum atomic E-state index is -0.00291. The normalized spacial score (nSPS) is 19.3. The van der Waals surface area contributed by atoms with Gasteiger partial charge in [0.25, 0.3) is 0 Å². The third-order valence-electron chi connectivity index (χ3n) is 3.54. The van der Waals surface area contributed by atoms with Gasteiger partial charge in [0.05, 0.1) is 13.2 Å². The molecule has 3 rings (SSSR count). The van der Waals surface area contributed by atoms with E-state index in [0.29, 0.717) is 13.2 Å². The lowest BCUT2D eigenvalue weighted by Gasteiger charge is -2.22. The molecule has 0 bridgehead atoms. The molecule has 1 fully saturated rings. The SMILES string of the molecule is c1cc(OCCCOC2CCCCO2)c2cc[nH]c2c1. The van der Waals surface area contributed by atoms with E-state index >= 15 is 0 Å². The summed E-state index contributed by atoms with van der Waals surface area (Å²) in [6, 6.07) is 8.09. The van der Waals surface area contributed by atoms with Crippen LogP contribution >= 0.6 is 0 Å². The molecule has 0 radical (unpaired) electrons. The summed E-state index contributed by atoms with van der Waals surface area (Å²) < 4.78 is 17.0. The highest BCUT2D eigenvalue weighted by atomic mass is 16.7. The Morgan fingerprint density at radius 3 is 3.10 bits per heavy atom. The fourth-order valence-electron chi connectivity index (χ4n) is 2.48. The summed E-state index contributed by atoms with van der Waals surface area (Å²) in [5, 5.41) is 1.13. The summed E-state index contributed by atoms with van der Waals surface area (Å²) in [7, 11) is 0. The summed E-state index contributed by atoms with van der Waals surface area (Å²) in [5.74, 6) is 0.928. The summed E-state index contributed by atoms with van der Waals surface area (Å²) in [5.41, 5.74) is 1.11. The predicted octanol–water partition coefficient (Wildman–Crippen LogP) is 3.48. The molecule has 1 aromatic heterocycles. The number of rotatable bonds is 6. The molecule has 1 aliphatic rings. The molecule has 1 N–H and O–H groups in total. The van der Waals surface area contributed by atoms with E-state index in [-0.39, 0.29) is 6.29 Å². The van der Waals surface area contributed by atoms with Gasteiger partial charge in [-0.05, 0) is 37.5 Å². The molecular formula is C16H21NO3. The molecule has 0 saturated carbocycles. The number of aromatic nitrogens is 1. The fraction of sp³-hybridized carbons (Fsp3) is 0.500. The van der Waals surface area contributed by atoms with E-state index in [9.17, 15) is 0 Å². The molecule has 1 atom stereocenters. The number of fused-ring (bicyclic) bond motifs is 1. The van der Waals surface area contributed by atoms with Gasteiger partial charge < -0.3 is 19.2 Å². The molecule has 0 aliphatic carbocycles. The minimum absolute atomic E-state index is 0.00291. The molecule has 0 amide bonds. The number of hydrogen-bond acceptors (Lipinski definition) is 3. The number of benzene rings is 1. The summed E-state index contributed by atoms with van der Waals surface area (Å²) in [6.45, 7) is 2.18. The maximum atomic E-state index is 5.83. The third-order valence-corrected chi connectivity index (χ3v) is 3.54. The number of ether oxygens (including phenoxy) is 3. The molecular weight excluding hydrogens is 254 g/mol. The van der Waals surface area contributed by atoms with Crippen molar-refractivity contribution in [2.75, 3.05) is 19.8 Å². The van der Waals surface area contributed by atoms with E-state index in [2.05, 4.69) is 4.98 Å². The van der Waals surface area contributed by atoms with Crippen molar-refractivity contribution in [2.24, 2.45) is 0 Å². The quantitative estimate of drug-likeness (QED) is 0.821. The van der Waals surface area contributed by atoms with Crippen molar-refractivity contribution in [1.82, 2.24) is 4.98 Å². The van der Waals surface area contributed by atoms with Gasteiger partial charge in [0.1, 0.15) is 5.75 Å². The van der Waals surface area contributed by atoms with Crippen LogP contribution in [-0.4, -0.2) is 31.1 Å². The van der Waals surface area contributed by atoms with E-state index in [1.807, 2.05) is 30.5 Å². The first-order valence-corrected chi connectivity index (χ1v) is 7.35.